The maximum absolute atomic E-state index is 13.0. The third-order valence-electron chi connectivity index (χ3n) is 5.39. The Morgan fingerprint density at radius 2 is 1.69 bits per heavy atom. The second-order valence-electron chi connectivity index (χ2n) is 7.25. The molecule has 9 heteroatoms. The largest absolute Gasteiger partial charge is 0.497 e. The Bertz CT molecular complexity index is 1120. The van der Waals surface area contributed by atoms with E-state index in [9.17, 15) is 4.79 Å². The number of methoxy groups -OCH3 is 2. The lowest BCUT2D eigenvalue weighted by molar-refractivity contribution is 0.0743. The highest BCUT2D eigenvalue weighted by Gasteiger charge is 2.25. The summed E-state index contributed by atoms with van der Waals surface area (Å²) in [5, 5.41) is 9.79. The van der Waals surface area contributed by atoms with Crippen molar-refractivity contribution < 1.29 is 14.3 Å². The zero-order valence-corrected chi connectivity index (χ0v) is 19.2. The number of piperazine rings is 1. The number of anilines is 1. The Morgan fingerprint density at radius 3 is 2.31 bits per heavy atom. The van der Waals surface area contributed by atoms with Gasteiger partial charge in [0.25, 0.3) is 5.91 Å². The van der Waals surface area contributed by atoms with Crippen LogP contribution in [0.25, 0.3) is 11.3 Å². The van der Waals surface area contributed by atoms with Gasteiger partial charge in [0.15, 0.2) is 5.82 Å². The van der Waals surface area contributed by atoms with Gasteiger partial charge in [-0.25, -0.2) is 0 Å². The molecule has 0 spiro atoms. The first-order chi connectivity index (χ1) is 15.5. The van der Waals surface area contributed by atoms with Gasteiger partial charge in [-0.2, -0.15) is 0 Å². The van der Waals surface area contributed by atoms with Gasteiger partial charge < -0.3 is 19.3 Å². The molecule has 0 N–H and O–H groups in total. The van der Waals surface area contributed by atoms with Crippen LogP contribution in [-0.4, -0.2) is 61.4 Å². The summed E-state index contributed by atoms with van der Waals surface area (Å²) in [6.07, 6.45) is 0. The number of nitrogens with zero attached hydrogens (tertiary/aromatic N) is 4. The summed E-state index contributed by atoms with van der Waals surface area (Å²) < 4.78 is 10.6. The molecule has 0 bridgehead atoms. The van der Waals surface area contributed by atoms with Crippen LogP contribution in [0.3, 0.4) is 0 Å². The molecule has 4 rings (SSSR count). The molecule has 32 heavy (non-hydrogen) atoms. The molecule has 0 aliphatic carbocycles. The molecule has 1 aliphatic heterocycles. The number of ether oxygens (including phenoxy) is 2. The van der Waals surface area contributed by atoms with Crippen LogP contribution in [0, 0.1) is 0 Å². The number of benzene rings is 2. The summed E-state index contributed by atoms with van der Waals surface area (Å²) in [4.78, 5) is 16.9. The van der Waals surface area contributed by atoms with E-state index in [2.05, 4.69) is 15.1 Å². The van der Waals surface area contributed by atoms with Crippen LogP contribution in [0.2, 0.25) is 10.0 Å². The Labute approximate surface area is 196 Å². The first-order valence-electron chi connectivity index (χ1n) is 10.1. The van der Waals surface area contributed by atoms with Crippen molar-refractivity contribution in [2.45, 2.75) is 0 Å². The number of aromatic nitrogens is 2. The Hall–Kier alpha value is -3.03. The zero-order valence-electron chi connectivity index (χ0n) is 17.7. The second kappa shape index (κ2) is 9.63. The van der Waals surface area contributed by atoms with Crippen LogP contribution in [-0.2, 0) is 0 Å². The fourth-order valence-electron chi connectivity index (χ4n) is 3.62. The Morgan fingerprint density at radius 1 is 0.906 bits per heavy atom. The van der Waals surface area contributed by atoms with Gasteiger partial charge in [-0.1, -0.05) is 23.2 Å². The average molecular weight is 473 g/mol. The molecule has 0 unspecified atom stereocenters. The van der Waals surface area contributed by atoms with Crippen molar-refractivity contribution in [2.75, 3.05) is 45.3 Å². The van der Waals surface area contributed by atoms with E-state index in [1.807, 2.05) is 23.1 Å². The zero-order chi connectivity index (χ0) is 22.7. The van der Waals surface area contributed by atoms with Crippen molar-refractivity contribution in [3.63, 3.8) is 0 Å². The van der Waals surface area contributed by atoms with Crippen molar-refractivity contribution >= 4 is 34.9 Å². The van der Waals surface area contributed by atoms with Gasteiger partial charge in [0.1, 0.15) is 11.5 Å². The third-order valence-corrected chi connectivity index (χ3v) is 5.94. The predicted octanol–water partition coefficient (Wildman–Crippen LogP) is 4.43. The Kier molecular flexibility index (Phi) is 6.67. The van der Waals surface area contributed by atoms with Crippen molar-refractivity contribution in [1.29, 1.82) is 0 Å². The van der Waals surface area contributed by atoms with Crippen molar-refractivity contribution in [2.24, 2.45) is 0 Å². The SMILES string of the molecule is COc1ccc(C(=O)N2CCN(c3ccc(-c4ccc(Cl)cc4Cl)nn3)CC2)c(OC)c1. The normalized spacial score (nSPS) is 13.8. The quantitative estimate of drug-likeness (QED) is 0.546. The number of hydrogen-bond acceptors (Lipinski definition) is 6. The number of halogens is 2. The molecule has 2 heterocycles. The van der Waals surface area contributed by atoms with Gasteiger partial charge >= 0.3 is 0 Å². The molecule has 0 saturated carbocycles. The van der Waals surface area contributed by atoms with Gasteiger partial charge in [-0.05, 0) is 42.5 Å². The van der Waals surface area contributed by atoms with Crippen molar-refractivity contribution in [1.82, 2.24) is 15.1 Å². The molecule has 1 saturated heterocycles. The van der Waals surface area contributed by atoms with E-state index in [0.717, 1.165) is 11.4 Å². The van der Waals surface area contributed by atoms with E-state index in [0.29, 0.717) is 59.0 Å². The van der Waals surface area contributed by atoms with Gasteiger partial charge in [0, 0.05) is 42.8 Å². The van der Waals surface area contributed by atoms with E-state index in [1.54, 1.807) is 44.6 Å². The summed E-state index contributed by atoms with van der Waals surface area (Å²) in [5.41, 5.74) is 1.97. The molecule has 2 aromatic carbocycles. The summed E-state index contributed by atoms with van der Waals surface area (Å²) >= 11 is 12.2. The number of rotatable bonds is 5. The highest BCUT2D eigenvalue weighted by molar-refractivity contribution is 6.36. The van der Waals surface area contributed by atoms with Crippen LogP contribution >= 0.6 is 23.2 Å². The lowest BCUT2D eigenvalue weighted by atomic mass is 10.1. The van der Waals surface area contributed by atoms with Crippen LogP contribution in [0.15, 0.2) is 48.5 Å². The van der Waals surface area contributed by atoms with E-state index in [1.165, 1.54) is 0 Å². The molecule has 0 atom stereocenters. The van der Waals surface area contributed by atoms with Crippen LogP contribution < -0.4 is 14.4 Å². The summed E-state index contributed by atoms with van der Waals surface area (Å²) in [7, 11) is 3.12. The van der Waals surface area contributed by atoms with Crippen molar-refractivity contribution in [3.8, 4) is 22.8 Å². The predicted molar refractivity (Wildman–Crippen MR) is 125 cm³/mol. The molecule has 3 aromatic rings. The first kappa shape index (κ1) is 22.2. The molecule has 7 nitrogen and oxygen atoms in total. The smallest absolute Gasteiger partial charge is 0.257 e. The standard InChI is InChI=1S/C23H22Cl2N4O3/c1-31-16-4-6-18(21(14-16)32-2)23(30)29-11-9-28(10-12-29)22-8-7-20(26-27-22)17-5-3-15(24)13-19(17)25/h3-8,13-14H,9-12H2,1-2H3. The monoisotopic (exact) mass is 472 g/mol. The molecule has 1 amide bonds. The Balaban J connectivity index is 1.42. The molecule has 166 valence electrons. The fourth-order valence-corrected chi connectivity index (χ4v) is 4.12. The highest BCUT2D eigenvalue weighted by atomic mass is 35.5. The van der Waals surface area contributed by atoms with E-state index >= 15 is 0 Å². The van der Waals surface area contributed by atoms with Crippen molar-refractivity contribution in [3.05, 3.63) is 64.1 Å². The molecule has 0 radical (unpaired) electrons. The summed E-state index contributed by atoms with van der Waals surface area (Å²) in [6.45, 7) is 2.45. The second-order valence-corrected chi connectivity index (χ2v) is 8.09. The van der Waals surface area contributed by atoms with E-state index < -0.39 is 0 Å². The lowest BCUT2D eigenvalue weighted by Gasteiger charge is -2.35. The topological polar surface area (TPSA) is 67.8 Å². The lowest BCUT2D eigenvalue weighted by Crippen LogP contribution is -2.49. The molecule has 1 fully saturated rings. The maximum Gasteiger partial charge on any atom is 0.257 e. The summed E-state index contributed by atoms with van der Waals surface area (Å²) in [5.74, 6) is 1.83. The number of hydrogen-bond donors (Lipinski definition) is 0. The van der Waals surface area contributed by atoms with Crippen LogP contribution in [0.5, 0.6) is 11.5 Å². The highest BCUT2D eigenvalue weighted by Crippen LogP contribution is 2.30. The third kappa shape index (κ3) is 4.59. The fraction of sp³-hybridized carbons (Fsp3) is 0.261. The molecular weight excluding hydrogens is 451 g/mol. The van der Waals surface area contributed by atoms with E-state index in [-0.39, 0.29) is 5.91 Å². The molecule has 1 aromatic heterocycles. The number of carbonyl (C=O) groups excluding carboxylic acids is 1. The van der Waals surface area contributed by atoms with Crippen LogP contribution in [0.1, 0.15) is 10.4 Å². The van der Waals surface area contributed by atoms with Gasteiger partial charge in [0.05, 0.1) is 30.5 Å². The molecular formula is C23H22Cl2N4O3. The first-order valence-corrected chi connectivity index (χ1v) is 10.8. The van der Waals surface area contributed by atoms with Crippen LogP contribution in [0.4, 0.5) is 5.82 Å². The minimum Gasteiger partial charge on any atom is -0.497 e. The van der Waals surface area contributed by atoms with Gasteiger partial charge in [-0.15, -0.1) is 10.2 Å². The minimum absolute atomic E-state index is 0.0667. The number of carbonyl (C=O) groups is 1. The average Bonchev–Trinajstić information content (AvgIpc) is 2.83. The minimum atomic E-state index is -0.0667. The number of amides is 1. The van der Waals surface area contributed by atoms with Gasteiger partial charge in [-0.3, -0.25) is 4.79 Å². The summed E-state index contributed by atoms with van der Waals surface area (Å²) in [6, 6.07) is 14.3. The van der Waals surface area contributed by atoms with Gasteiger partial charge in [0.2, 0.25) is 0 Å². The molecule has 1 aliphatic rings. The van der Waals surface area contributed by atoms with E-state index in [4.69, 9.17) is 32.7 Å². The maximum atomic E-state index is 13.0.